The van der Waals surface area contributed by atoms with Crippen molar-refractivity contribution < 1.29 is 4.92 Å². The first-order valence-electron chi connectivity index (χ1n) is 6.32. The molecule has 0 saturated heterocycles. The number of rotatable bonds is 3. The van der Waals surface area contributed by atoms with Crippen LogP contribution in [-0.4, -0.2) is 14.5 Å². The first-order chi connectivity index (χ1) is 10.1. The van der Waals surface area contributed by atoms with E-state index in [2.05, 4.69) is 4.98 Å². The lowest BCUT2D eigenvalue weighted by molar-refractivity contribution is -0.384. The van der Waals surface area contributed by atoms with E-state index < -0.39 is 4.92 Å². The third-order valence-corrected chi connectivity index (χ3v) is 3.21. The number of benzene rings is 2. The maximum absolute atomic E-state index is 12.3. The molecule has 3 rings (SSSR count). The summed E-state index contributed by atoms with van der Waals surface area (Å²) in [7, 11) is 0. The first kappa shape index (κ1) is 13.0. The number of hydrogen-bond acceptors (Lipinski definition) is 4. The van der Waals surface area contributed by atoms with Gasteiger partial charge in [-0.15, -0.1) is 0 Å². The normalized spacial score (nSPS) is 10.7. The minimum atomic E-state index is -0.453. The Morgan fingerprint density at radius 3 is 2.76 bits per heavy atom. The predicted octanol–water partition coefficient (Wildman–Crippen LogP) is 2.35. The summed E-state index contributed by atoms with van der Waals surface area (Å²) in [6, 6.07) is 13.3. The molecule has 6 nitrogen and oxygen atoms in total. The summed E-state index contributed by atoms with van der Waals surface area (Å²) >= 11 is 0. The third kappa shape index (κ3) is 2.51. The van der Waals surface area contributed by atoms with Gasteiger partial charge in [0.2, 0.25) is 0 Å². The fraction of sp³-hybridized carbons (Fsp3) is 0.0667. The van der Waals surface area contributed by atoms with E-state index in [9.17, 15) is 14.9 Å². The molecule has 21 heavy (non-hydrogen) atoms. The zero-order valence-electron chi connectivity index (χ0n) is 11.0. The topological polar surface area (TPSA) is 78.0 Å². The summed E-state index contributed by atoms with van der Waals surface area (Å²) < 4.78 is 1.45. The summed E-state index contributed by atoms with van der Waals surface area (Å²) in [5.74, 6) is 0. The van der Waals surface area contributed by atoms with Crippen molar-refractivity contribution in [3.8, 4) is 0 Å². The molecule has 3 aromatic rings. The Kier molecular flexibility index (Phi) is 3.19. The van der Waals surface area contributed by atoms with Crippen LogP contribution < -0.4 is 5.56 Å². The molecule has 0 aliphatic rings. The molecule has 1 aromatic heterocycles. The standard InChI is InChI=1S/C15H11N3O3/c19-15-13-6-1-2-7-14(13)16-10-17(15)9-11-4-3-5-12(8-11)18(20)21/h1-8,10H,9H2. The van der Waals surface area contributed by atoms with Gasteiger partial charge in [-0.2, -0.15) is 0 Å². The Hall–Kier alpha value is -3.02. The molecule has 2 aromatic carbocycles. The van der Waals surface area contributed by atoms with Crippen LogP contribution in [0.15, 0.2) is 59.7 Å². The Morgan fingerprint density at radius 2 is 1.95 bits per heavy atom. The lowest BCUT2D eigenvalue weighted by Gasteiger charge is -2.06. The van der Waals surface area contributed by atoms with Crippen molar-refractivity contribution in [3.05, 3.63) is 80.9 Å². The molecular formula is C15H11N3O3. The molecule has 0 fully saturated rings. The number of para-hydroxylation sites is 1. The van der Waals surface area contributed by atoms with E-state index in [1.54, 1.807) is 30.3 Å². The average molecular weight is 281 g/mol. The molecule has 0 atom stereocenters. The van der Waals surface area contributed by atoms with E-state index in [0.29, 0.717) is 16.5 Å². The minimum Gasteiger partial charge on any atom is -0.294 e. The highest BCUT2D eigenvalue weighted by atomic mass is 16.6. The van der Waals surface area contributed by atoms with Crippen molar-refractivity contribution in [2.75, 3.05) is 0 Å². The second kappa shape index (κ2) is 5.16. The van der Waals surface area contributed by atoms with E-state index in [0.717, 1.165) is 0 Å². The molecule has 0 aliphatic carbocycles. The van der Waals surface area contributed by atoms with Gasteiger partial charge in [0.05, 0.1) is 28.7 Å². The van der Waals surface area contributed by atoms with Crippen LogP contribution in [0.2, 0.25) is 0 Å². The number of aromatic nitrogens is 2. The Labute approximate surface area is 119 Å². The van der Waals surface area contributed by atoms with Crippen LogP contribution in [0.3, 0.4) is 0 Å². The highest BCUT2D eigenvalue weighted by molar-refractivity contribution is 5.76. The lowest BCUT2D eigenvalue weighted by atomic mass is 10.2. The summed E-state index contributed by atoms with van der Waals surface area (Å²) in [6.45, 7) is 0.248. The molecule has 0 amide bonds. The lowest BCUT2D eigenvalue weighted by Crippen LogP contribution is -2.21. The number of non-ortho nitro benzene ring substituents is 1. The summed E-state index contributed by atoms with van der Waals surface area (Å²) in [5, 5.41) is 11.3. The van der Waals surface area contributed by atoms with Crippen LogP contribution >= 0.6 is 0 Å². The van der Waals surface area contributed by atoms with E-state index in [1.807, 2.05) is 6.07 Å². The van der Waals surface area contributed by atoms with Crippen LogP contribution in [0, 0.1) is 10.1 Å². The van der Waals surface area contributed by atoms with Crippen LogP contribution in [0.4, 0.5) is 5.69 Å². The molecule has 0 radical (unpaired) electrons. The zero-order valence-corrected chi connectivity index (χ0v) is 11.0. The van der Waals surface area contributed by atoms with Gasteiger partial charge >= 0.3 is 0 Å². The summed E-state index contributed by atoms with van der Waals surface area (Å²) in [6.07, 6.45) is 1.46. The largest absolute Gasteiger partial charge is 0.294 e. The molecule has 0 spiro atoms. The zero-order chi connectivity index (χ0) is 14.8. The van der Waals surface area contributed by atoms with E-state index in [1.165, 1.54) is 23.0 Å². The van der Waals surface area contributed by atoms with Crippen molar-refractivity contribution in [1.82, 2.24) is 9.55 Å². The first-order valence-corrected chi connectivity index (χ1v) is 6.32. The maximum Gasteiger partial charge on any atom is 0.269 e. The smallest absolute Gasteiger partial charge is 0.269 e. The van der Waals surface area contributed by atoms with Gasteiger partial charge in [0.15, 0.2) is 0 Å². The Morgan fingerprint density at radius 1 is 1.14 bits per heavy atom. The number of hydrogen-bond donors (Lipinski definition) is 0. The van der Waals surface area contributed by atoms with Gasteiger partial charge in [-0.1, -0.05) is 24.3 Å². The predicted molar refractivity (Wildman–Crippen MR) is 78.2 cm³/mol. The number of nitrogens with zero attached hydrogens (tertiary/aromatic N) is 3. The molecule has 104 valence electrons. The fourth-order valence-corrected chi connectivity index (χ4v) is 2.18. The van der Waals surface area contributed by atoms with Gasteiger partial charge in [-0.3, -0.25) is 19.5 Å². The maximum atomic E-state index is 12.3. The summed E-state index contributed by atoms with van der Waals surface area (Å²) in [4.78, 5) is 26.9. The molecule has 0 aliphatic heterocycles. The van der Waals surface area contributed by atoms with Crippen molar-refractivity contribution in [3.63, 3.8) is 0 Å². The van der Waals surface area contributed by atoms with Crippen molar-refractivity contribution >= 4 is 16.6 Å². The second-order valence-corrected chi connectivity index (χ2v) is 4.62. The van der Waals surface area contributed by atoms with Crippen molar-refractivity contribution in [2.24, 2.45) is 0 Å². The van der Waals surface area contributed by atoms with Crippen LogP contribution in [0.5, 0.6) is 0 Å². The van der Waals surface area contributed by atoms with Gasteiger partial charge in [0.25, 0.3) is 11.2 Å². The minimum absolute atomic E-state index is 0.00861. The highest BCUT2D eigenvalue weighted by Gasteiger charge is 2.08. The second-order valence-electron chi connectivity index (χ2n) is 4.62. The Balaban J connectivity index is 2.02. The van der Waals surface area contributed by atoms with Gasteiger partial charge in [-0.25, -0.2) is 4.98 Å². The molecule has 0 N–H and O–H groups in total. The van der Waals surface area contributed by atoms with E-state index in [4.69, 9.17) is 0 Å². The van der Waals surface area contributed by atoms with Gasteiger partial charge in [0.1, 0.15) is 0 Å². The molecule has 6 heteroatoms. The number of nitro benzene ring substituents is 1. The van der Waals surface area contributed by atoms with Gasteiger partial charge in [0, 0.05) is 12.1 Å². The van der Waals surface area contributed by atoms with Crippen molar-refractivity contribution in [2.45, 2.75) is 6.54 Å². The number of nitro groups is 1. The quantitative estimate of drug-likeness (QED) is 0.545. The van der Waals surface area contributed by atoms with Crippen LogP contribution in [-0.2, 0) is 6.54 Å². The molecule has 0 saturated carbocycles. The molecule has 0 unspecified atom stereocenters. The van der Waals surface area contributed by atoms with E-state index in [-0.39, 0.29) is 17.8 Å². The molecule has 0 bridgehead atoms. The molecule has 1 heterocycles. The number of fused-ring (bicyclic) bond motifs is 1. The van der Waals surface area contributed by atoms with Crippen LogP contribution in [0.25, 0.3) is 10.9 Å². The monoisotopic (exact) mass is 281 g/mol. The SMILES string of the molecule is O=c1c2ccccc2ncn1Cc1cccc([N+](=O)[O-])c1. The van der Waals surface area contributed by atoms with Crippen molar-refractivity contribution in [1.29, 1.82) is 0 Å². The Bertz CT molecular complexity index is 886. The summed E-state index contributed by atoms with van der Waals surface area (Å²) in [5.41, 5.74) is 1.17. The van der Waals surface area contributed by atoms with Gasteiger partial charge in [-0.05, 0) is 17.7 Å². The van der Waals surface area contributed by atoms with Crippen LogP contribution in [0.1, 0.15) is 5.56 Å². The van der Waals surface area contributed by atoms with Gasteiger partial charge < -0.3 is 0 Å². The fourth-order valence-electron chi connectivity index (χ4n) is 2.18. The van der Waals surface area contributed by atoms with E-state index >= 15 is 0 Å². The highest BCUT2D eigenvalue weighted by Crippen LogP contribution is 2.14. The molecular weight excluding hydrogens is 270 g/mol. The third-order valence-electron chi connectivity index (χ3n) is 3.21. The average Bonchev–Trinajstić information content (AvgIpc) is 2.51.